The molecule has 0 aliphatic carbocycles. The van der Waals surface area contributed by atoms with Gasteiger partial charge in [-0.2, -0.15) is 5.10 Å². The van der Waals surface area contributed by atoms with Crippen molar-refractivity contribution in [2.75, 3.05) is 7.11 Å². The predicted molar refractivity (Wildman–Crippen MR) is 82.9 cm³/mol. The summed E-state index contributed by atoms with van der Waals surface area (Å²) in [7, 11) is 1.62. The van der Waals surface area contributed by atoms with Gasteiger partial charge in [0.25, 0.3) is 0 Å². The van der Waals surface area contributed by atoms with Gasteiger partial charge in [0.2, 0.25) is 5.96 Å². The highest BCUT2D eigenvalue weighted by Gasteiger charge is 1.99. The Morgan fingerprint density at radius 2 is 1.71 bits per heavy atom. The van der Waals surface area contributed by atoms with Gasteiger partial charge < -0.3 is 20.9 Å². The van der Waals surface area contributed by atoms with Crippen molar-refractivity contribution in [1.82, 2.24) is 0 Å². The number of nitrogens with two attached hydrogens (primary N) is 2. The molecule has 0 radical (unpaired) electrons. The summed E-state index contributed by atoms with van der Waals surface area (Å²) >= 11 is 0. The van der Waals surface area contributed by atoms with Crippen LogP contribution in [-0.4, -0.2) is 19.3 Å². The van der Waals surface area contributed by atoms with Crippen molar-refractivity contribution in [3.05, 3.63) is 54.1 Å². The van der Waals surface area contributed by atoms with Crippen LogP contribution in [0.4, 0.5) is 0 Å². The average molecular weight is 284 g/mol. The zero-order valence-electron chi connectivity index (χ0n) is 11.6. The van der Waals surface area contributed by atoms with Crippen molar-refractivity contribution >= 4 is 12.2 Å². The molecule has 108 valence electrons. The molecule has 21 heavy (non-hydrogen) atoms. The van der Waals surface area contributed by atoms with E-state index in [4.69, 9.17) is 20.9 Å². The van der Waals surface area contributed by atoms with Crippen LogP contribution in [0.2, 0.25) is 0 Å². The predicted octanol–water partition coefficient (Wildman–Crippen LogP) is 2.09. The molecule has 0 aliphatic heterocycles. The first-order valence-electron chi connectivity index (χ1n) is 6.21. The van der Waals surface area contributed by atoms with Gasteiger partial charge in [0.05, 0.1) is 13.3 Å². The Bertz CT molecular complexity index is 647. The van der Waals surface area contributed by atoms with Crippen molar-refractivity contribution in [1.29, 1.82) is 0 Å². The Hall–Kier alpha value is -3.02. The highest BCUT2D eigenvalue weighted by molar-refractivity contribution is 5.82. The smallest absolute Gasteiger partial charge is 0.211 e. The topological polar surface area (TPSA) is 95.2 Å². The SMILES string of the molecule is COc1ccc(Oc2cccc(C=NN=C(N)N)c2)cc1. The Morgan fingerprint density at radius 3 is 2.38 bits per heavy atom. The first-order valence-corrected chi connectivity index (χ1v) is 6.21. The standard InChI is InChI=1S/C15H16N4O2/c1-20-12-5-7-13(8-6-12)21-14-4-2-3-11(9-14)10-18-19-15(16)17/h2-10H,1H3,(H4,16,17,19). The van der Waals surface area contributed by atoms with Crippen molar-refractivity contribution < 1.29 is 9.47 Å². The zero-order chi connectivity index (χ0) is 15.1. The second kappa shape index (κ2) is 6.95. The van der Waals surface area contributed by atoms with Crippen LogP contribution in [-0.2, 0) is 0 Å². The van der Waals surface area contributed by atoms with Gasteiger partial charge in [0.1, 0.15) is 17.2 Å². The van der Waals surface area contributed by atoms with Crippen molar-refractivity contribution in [2.24, 2.45) is 21.7 Å². The molecule has 2 rings (SSSR count). The van der Waals surface area contributed by atoms with E-state index >= 15 is 0 Å². The molecule has 0 spiro atoms. The maximum atomic E-state index is 5.74. The third-order valence-corrected chi connectivity index (χ3v) is 2.53. The second-order valence-corrected chi connectivity index (χ2v) is 4.12. The molecule has 0 aliphatic rings. The molecule has 0 unspecified atom stereocenters. The fraction of sp³-hybridized carbons (Fsp3) is 0.0667. The number of hydrogen-bond donors (Lipinski definition) is 2. The summed E-state index contributed by atoms with van der Waals surface area (Å²) in [5.74, 6) is 2.10. The molecule has 6 nitrogen and oxygen atoms in total. The summed E-state index contributed by atoms with van der Waals surface area (Å²) in [5, 5.41) is 7.29. The largest absolute Gasteiger partial charge is 0.497 e. The van der Waals surface area contributed by atoms with Gasteiger partial charge in [0.15, 0.2) is 0 Å². The van der Waals surface area contributed by atoms with Crippen molar-refractivity contribution in [3.63, 3.8) is 0 Å². The summed E-state index contributed by atoms with van der Waals surface area (Å²) in [6, 6.07) is 14.7. The average Bonchev–Trinajstić information content (AvgIpc) is 2.48. The van der Waals surface area contributed by atoms with Crippen LogP contribution >= 0.6 is 0 Å². The maximum absolute atomic E-state index is 5.74. The van der Waals surface area contributed by atoms with Crippen LogP contribution in [0.3, 0.4) is 0 Å². The molecular formula is C15H16N4O2. The van der Waals surface area contributed by atoms with E-state index in [1.807, 2.05) is 48.5 Å². The molecule has 2 aromatic carbocycles. The van der Waals surface area contributed by atoms with E-state index < -0.39 is 0 Å². The van der Waals surface area contributed by atoms with E-state index in [2.05, 4.69) is 10.2 Å². The summed E-state index contributed by atoms with van der Waals surface area (Å²) < 4.78 is 10.8. The van der Waals surface area contributed by atoms with Crippen LogP contribution < -0.4 is 20.9 Å². The first kappa shape index (κ1) is 14.4. The van der Waals surface area contributed by atoms with Gasteiger partial charge in [-0.3, -0.25) is 0 Å². The molecular weight excluding hydrogens is 268 g/mol. The number of ether oxygens (including phenoxy) is 2. The fourth-order valence-corrected chi connectivity index (χ4v) is 1.60. The summed E-state index contributed by atoms with van der Waals surface area (Å²) in [4.78, 5) is 0. The Labute approximate surface area is 122 Å². The molecule has 0 saturated carbocycles. The molecule has 0 heterocycles. The minimum absolute atomic E-state index is 0.0862. The summed E-state index contributed by atoms with van der Waals surface area (Å²) in [6.45, 7) is 0. The molecule has 0 atom stereocenters. The quantitative estimate of drug-likeness (QED) is 0.499. The van der Waals surface area contributed by atoms with Gasteiger partial charge in [-0.25, -0.2) is 0 Å². The minimum Gasteiger partial charge on any atom is -0.497 e. The van der Waals surface area contributed by atoms with Crippen LogP contribution in [0.1, 0.15) is 5.56 Å². The van der Waals surface area contributed by atoms with Gasteiger partial charge in [-0.15, -0.1) is 5.10 Å². The molecule has 0 bridgehead atoms. The van der Waals surface area contributed by atoms with E-state index in [-0.39, 0.29) is 5.96 Å². The van der Waals surface area contributed by atoms with Crippen molar-refractivity contribution in [2.45, 2.75) is 0 Å². The summed E-state index contributed by atoms with van der Waals surface area (Å²) in [6.07, 6.45) is 1.54. The Kier molecular flexibility index (Phi) is 4.76. The number of nitrogens with zero attached hydrogens (tertiary/aromatic N) is 2. The zero-order valence-corrected chi connectivity index (χ0v) is 11.6. The van der Waals surface area contributed by atoms with Gasteiger partial charge >= 0.3 is 0 Å². The minimum atomic E-state index is -0.0862. The number of hydrogen-bond acceptors (Lipinski definition) is 4. The van der Waals surface area contributed by atoms with Gasteiger partial charge in [-0.1, -0.05) is 12.1 Å². The molecule has 2 aromatic rings. The second-order valence-electron chi connectivity index (χ2n) is 4.12. The van der Waals surface area contributed by atoms with Gasteiger partial charge in [-0.05, 0) is 42.0 Å². The van der Waals surface area contributed by atoms with Crippen LogP contribution in [0.25, 0.3) is 0 Å². The van der Waals surface area contributed by atoms with Gasteiger partial charge in [0, 0.05) is 0 Å². The molecule has 0 saturated heterocycles. The number of rotatable bonds is 5. The number of guanidine groups is 1. The molecule has 6 heteroatoms. The highest BCUT2D eigenvalue weighted by atomic mass is 16.5. The van der Waals surface area contributed by atoms with Crippen molar-refractivity contribution in [3.8, 4) is 17.2 Å². The summed E-state index contributed by atoms with van der Waals surface area (Å²) in [5.41, 5.74) is 11.2. The van der Waals surface area contributed by atoms with E-state index in [0.29, 0.717) is 11.5 Å². The normalized spacial score (nSPS) is 10.3. The van der Waals surface area contributed by atoms with E-state index in [0.717, 1.165) is 11.3 Å². The molecule has 0 aromatic heterocycles. The molecule has 0 amide bonds. The fourth-order valence-electron chi connectivity index (χ4n) is 1.60. The van der Waals surface area contributed by atoms with E-state index in [1.54, 1.807) is 13.3 Å². The first-order chi connectivity index (χ1) is 10.2. The van der Waals surface area contributed by atoms with Crippen LogP contribution in [0.15, 0.2) is 58.7 Å². The lowest BCUT2D eigenvalue weighted by molar-refractivity contribution is 0.413. The van der Waals surface area contributed by atoms with Crippen LogP contribution in [0, 0.1) is 0 Å². The monoisotopic (exact) mass is 284 g/mol. The lowest BCUT2D eigenvalue weighted by Crippen LogP contribution is -2.21. The van der Waals surface area contributed by atoms with E-state index in [1.165, 1.54) is 0 Å². The third-order valence-electron chi connectivity index (χ3n) is 2.53. The number of benzene rings is 2. The Morgan fingerprint density at radius 1 is 1.00 bits per heavy atom. The molecule has 0 fully saturated rings. The lowest BCUT2D eigenvalue weighted by Gasteiger charge is -2.07. The Balaban J connectivity index is 2.09. The maximum Gasteiger partial charge on any atom is 0.211 e. The van der Waals surface area contributed by atoms with Crippen LogP contribution in [0.5, 0.6) is 17.2 Å². The molecule has 4 N–H and O–H groups in total. The number of methoxy groups -OCH3 is 1. The third kappa shape index (κ3) is 4.54. The lowest BCUT2D eigenvalue weighted by atomic mass is 10.2. The van der Waals surface area contributed by atoms with E-state index in [9.17, 15) is 0 Å². The highest BCUT2D eigenvalue weighted by Crippen LogP contribution is 2.24.